The molecule has 41 heavy (non-hydrogen) atoms. The van der Waals surface area contributed by atoms with Crippen molar-refractivity contribution in [2.24, 2.45) is 0 Å². The van der Waals surface area contributed by atoms with Gasteiger partial charge in [0.25, 0.3) is 0 Å². The Balaban J connectivity index is 1.34. The van der Waals surface area contributed by atoms with E-state index in [-0.39, 0.29) is 35.9 Å². The lowest BCUT2D eigenvalue weighted by molar-refractivity contribution is -0.190. The van der Waals surface area contributed by atoms with Crippen molar-refractivity contribution < 1.29 is 27.4 Å². The van der Waals surface area contributed by atoms with Gasteiger partial charge in [-0.25, -0.2) is 8.78 Å². The highest BCUT2D eigenvalue weighted by Crippen LogP contribution is 2.33. The van der Waals surface area contributed by atoms with Crippen LogP contribution in [0.1, 0.15) is 76.7 Å². The van der Waals surface area contributed by atoms with Gasteiger partial charge in [-0.05, 0) is 61.1 Å². The van der Waals surface area contributed by atoms with E-state index in [1.54, 1.807) is 36.4 Å². The van der Waals surface area contributed by atoms with E-state index in [0.717, 1.165) is 18.4 Å². The van der Waals surface area contributed by atoms with Crippen molar-refractivity contribution in [3.8, 4) is 28.0 Å². The Kier molecular flexibility index (Phi) is 11.9. The van der Waals surface area contributed by atoms with Gasteiger partial charge in [-0.1, -0.05) is 87.6 Å². The van der Waals surface area contributed by atoms with Crippen LogP contribution in [0.2, 0.25) is 0 Å². The maximum absolute atomic E-state index is 15.2. The van der Waals surface area contributed by atoms with Gasteiger partial charge in [-0.15, -0.1) is 0 Å². The topological polar surface area (TPSA) is 27.7 Å². The average Bonchev–Trinajstić information content (AvgIpc) is 3.00. The molecule has 3 aromatic carbocycles. The van der Waals surface area contributed by atoms with Crippen molar-refractivity contribution in [1.29, 1.82) is 0 Å². The largest absolute Gasteiger partial charge is 0.490 e. The third-order valence-corrected chi connectivity index (χ3v) is 7.56. The average molecular weight is 567 g/mol. The minimum absolute atomic E-state index is 0.0188. The molecule has 0 atom stereocenters. The Bertz CT molecular complexity index is 1260. The highest BCUT2D eigenvalue weighted by atomic mass is 19.2. The van der Waals surface area contributed by atoms with Crippen LogP contribution in [0.15, 0.2) is 66.7 Å². The van der Waals surface area contributed by atoms with Crippen molar-refractivity contribution in [1.82, 2.24) is 0 Å². The third-order valence-electron chi connectivity index (χ3n) is 7.56. The number of hydrogen-bond donors (Lipinski definition) is 0. The van der Waals surface area contributed by atoms with Gasteiger partial charge >= 0.3 is 0 Å². The minimum atomic E-state index is -1.02. The molecule has 0 aliphatic carbocycles. The predicted octanol–water partition coefficient (Wildman–Crippen LogP) is 9.99. The summed E-state index contributed by atoms with van der Waals surface area (Å²) in [4.78, 5) is 0. The molecule has 0 unspecified atom stereocenters. The molecule has 4 rings (SSSR count). The highest BCUT2D eigenvalue weighted by molar-refractivity contribution is 5.71. The van der Waals surface area contributed by atoms with Crippen LogP contribution in [0.5, 0.6) is 5.75 Å². The molecule has 0 N–H and O–H groups in total. The first-order chi connectivity index (χ1) is 20.0. The lowest BCUT2D eigenvalue weighted by atomic mass is 9.95. The molecule has 1 aliphatic heterocycles. The summed E-state index contributed by atoms with van der Waals surface area (Å²) in [5.74, 6) is -2.46. The molecule has 1 saturated heterocycles. The van der Waals surface area contributed by atoms with Crippen LogP contribution in [-0.4, -0.2) is 26.1 Å². The van der Waals surface area contributed by atoms with E-state index >= 15 is 4.39 Å². The second kappa shape index (κ2) is 15.8. The fourth-order valence-corrected chi connectivity index (χ4v) is 5.11. The van der Waals surface area contributed by atoms with Crippen molar-refractivity contribution in [2.45, 2.75) is 77.4 Å². The van der Waals surface area contributed by atoms with Crippen LogP contribution in [0.25, 0.3) is 22.3 Å². The molecule has 1 fully saturated rings. The lowest BCUT2D eigenvalue weighted by Gasteiger charge is -2.30. The van der Waals surface area contributed by atoms with E-state index in [4.69, 9.17) is 14.2 Å². The fourth-order valence-electron chi connectivity index (χ4n) is 5.11. The Labute approximate surface area is 242 Å². The van der Waals surface area contributed by atoms with Crippen LogP contribution >= 0.6 is 0 Å². The molecule has 0 amide bonds. The summed E-state index contributed by atoms with van der Waals surface area (Å²) in [7, 11) is 0. The summed E-state index contributed by atoms with van der Waals surface area (Å²) in [6.45, 7) is 5.39. The van der Waals surface area contributed by atoms with E-state index < -0.39 is 11.6 Å². The Hall–Kier alpha value is -3.09. The predicted molar refractivity (Wildman–Crippen MR) is 159 cm³/mol. The van der Waals surface area contributed by atoms with Crippen LogP contribution in [-0.2, 0) is 9.47 Å². The number of rotatable bonds is 14. The Morgan fingerprint density at radius 3 is 2.15 bits per heavy atom. The van der Waals surface area contributed by atoms with Crippen LogP contribution < -0.4 is 4.74 Å². The number of allylic oxidation sites excluding steroid dienone is 1. The van der Waals surface area contributed by atoms with Gasteiger partial charge in [0.1, 0.15) is 5.82 Å². The maximum Gasteiger partial charge on any atom is 0.201 e. The Morgan fingerprint density at radius 1 is 0.805 bits per heavy atom. The summed E-state index contributed by atoms with van der Waals surface area (Å²) in [5, 5.41) is 0. The molecule has 0 aromatic heterocycles. The zero-order chi connectivity index (χ0) is 29.0. The zero-order valence-electron chi connectivity index (χ0n) is 24.1. The quantitative estimate of drug-likeness (QED) is 0.144. The number of benzene rings is 3. The highest BCUT2D eigenvalue weighted by Gasteiger charge is 2.24. The molecule has 0 spiro atoms. The van der Waals surface area contributed by atoms with Crippen molar-refractivity contribution in [3.63, 3.8) is 0 Å². The molecule has 6 heteroatoms. The van der Waals surface area contributed by atoms with Crippen LogP contribution in [0.4, 0.5) is 13.2 Å². The third kappa shape index (κ3) is 8.46. The number of halogens is 3. The van der Waals surface area contributed by atoms with E-state index in [1.165, 1.54) is 44.2 Å². The molecular weight excluding hydrogens is 525 g/mol. The molecule has 0 bridgehead atoms. The molecular formula is C35H41F3O3. The van der Waals surface area contributed by atoms with Gasteiger partial charge in [0.2, 0.25) is 5.82 Å². The number of ether oxygens (including phenoxy) is 3. The molecule has 3 aromatic rings. The summed E-state index contributed by atoms with van der Waals surface area (Å²) in [5.41, 5.74) is 2.55. The first-order valence-electron chi connectivity index (χ1n) is 14.9. The van der Waals surface area contributed by atoms with Crippen molar-refractivity contribution >= 4 is 0 Å². The first-order valence-corrected chi connectivity index (χ1v) is 14.9. The second-order valence-corrected chi connectivity index (χ2v) is 10.6. The van der Waals surface area contributed by atoms with E-state index in [0.29, 0.717) is 36.3 Å². The van der Waals surface area contributed by atoms with E-state index in [9.17, 15) is 8.78 Å². The van der Waals surface area contributed by atoms with Gasteiger partial charge in [-0.2, -0.15) is 4.39 Å². The minimum Gasteiger partial charge on any atom is -0.490 e. The summed E-state index contributed by atoms with van der Waals surface area (Å²) >= 11 is 0. The number of hydrogen-bond acceptors (Lipinski definition) is 3. The molecule has 1 heterocycles. The molecule has 1 aliphatic rings. The summed E-state index contributed by atoms with van der Waals surface area (Å²) in [6.07, 6.45) is 12.5. The van der Waals surface area contributed by atoms with Gasteiger partial charge in [-0.3, -0.25) is 0 Å². The van der Waals surface area contributed by atoms with Gasteiger partial charge in [0.15, 0.2) is 17.9 Å². The summed E-state index contributed by atoms with van der Waals surface area (Å²) < 4.78 is 61.8. The van der Waals surface area contributed by atoms with Gasteiger partial charge in [0, 0.05) is 17.0 Å². The van der Waals surface area contributed by atoms with E-state index in [1.807, 2.05) is 25.1 Å². The Morgan fingerprint density at radius 2 is 1.46 bits per heavy atom. The zero-order valence-corrected chi connectivity index (χ0v) is 24.1. The van der Waals surface area contributed by atoms with Crippen molar-refractivity contribution in [3.05, 3.63) is 89.8 Å². The normalized spacial score (nSPS) is 17.3. The standard InChI is InChI=1S/C35H41F3O3/c1-3-5-7-8-9-10-12-33-40-23-28(24-41-33)27-17-18-29(31(36)22-27)25-13-15-26(16-14-25)30-19-20-32(35(38)34(30)37)39-21-11-6-4-2/h4,6,13-20,22,28,33H,3,5,7-12,21,23-24H2,1-2H3. The fraction of sp³-hybridized carbons (Fsp3) is 0.429. The molecule has 0 radical (unpaired) electrons. The molecule has 220 valence electrons. The number of unbranched alkanes of at least 4 members (excludes halogenated alkanes) is 5. The van der Waals surface area contributed by atoms with Crippen LogP contribution in [0, 0.1) is 17.5 Å². The van der Waals surface area contributed by atoms with Crippen LogP contribution in [0.3, 0.4) is 0 Å². The monoisotopic (exact) mass is 566 g/mol. The van der Waals surface area contributed by atoms with E-state index in [2.05, 4.69) is 6.92 Å². The smallest absolute Gasteiger partial charge is 0.201 e. The second-order valence-electron chi connectivity index (χ2n) is 10.6. The molecule has 0 saturated carbocycles. The van der Waals surface area contributed by atoms with Gasteiger partial charge in [0.05, 0.1) is 19.8 Å². The first kappa shape index (κ1) is 30.9. The van der Waals surface area contributed by atoms with Crippen molar-refractivity contribution in [2.75, 3.05) is 19.8 Å². The maximum atomic E-state index is 15.2. The van der Waals surface area contributed by atoms with Gasteiger partial charge < -0.3 is 14.2 Å². The lowest BCUT2D eigenvalue weighted by Crippen LogP contribution is -2.30. The summed E-state index contributed by atoms with van der Waals surface area (Å²) in [6, 6.07) is 14.9. The molecule has 3 nitrogen and oxygen atoms in total. The SMILES string of the molecule is CC=CCCOc1ccc(-c2ccc(-c3ccc(C4COC(CCCCCCCC)OC4)cc3F)cc2)c(F)c1F.